The highest BCUT2D eigenvalue weighted by atomic mass is 19.2. The summed E-state index contributed by atoms with van der Waals surface area (Å²) < 4.78 is 26.1. The van der Waals surface area contributed by atoms with E-state index in [-0.39, 0.29) is 0 Å². The number of benzene rings is 1. The van der Waals surface area contributed by atoms with Gasteiger partial charge in [0.2, 0.25) is 0 Å². The molecule has 0 spiro atoms. The highest BCUT2D eigenvalue weighted by Crippen LogP contribution is 2.58. The molecule has 2 bridgehead atoms. The summed E-state index contributed by atoms with van der Waals surface area (Å²) in [5, 5.41) is 3.60. The van der Waals surface area contributed by atoms with Crippen molar-refractivity contribution in [2.45, 2.75) is 44.7 Å². The van der Waals surface area contributed by atoms with Crippen molar-refractivity contribution in [3.8, 4) is 0 Å². The van der Waals surface area contributed by atoms with Crippen molar-refractivity contribution >= 4 is 0 Å². The van der Waals surface area contributed by atoms with Gasteiger partial charge in [0.1, 0.15) is 0 Å². The zero-order chi connectivity index (χ0) is 13.7. The van der Waals surface area contributed by atoms with Gasteiger partial charge in [-0.05, 0) is 67.1 Å². The van der Waals surface area contributed by atoms with Crippen molar-refractivity contribution < 1.29 is 8.78 Å². The van der Waals surface area contributed by atoms with Crippen molar-refractivity contribution in [1.29, 1.82) is 0 Å². The van der Waals surface area contributed by atoms with E-state index >= 15 is 0 Å². The Balaban J connectivity index is 1.40. The minimum Gasteiger partial charge on any atom is -0.310 e. The monoisotopic (exact) mass is 277 g/mol. The van der Waals surface area contributed by atoms with Crippen molar-refractivity contribution in [3.63, 3.8) is 0 Å². The Morgan fingerprint density at radius 2 is 1.85 bits per heavy atom. The summed E-state index contributed by atoms with van der Waals surface area (Å²) in [4.78, 5) is 0. The van der Waals surface area contributed by atoms with Crippen LogP contribution in [0.4, 0.5) is 8.78 Å². The van der Waals surface area contributed by atoms with Gasteiger partial charge in [0, 0.05) is 12.6 Å². The molecule has 4 rings (SSSR count). The Morgan fingerprint density at radius 3 is 2.70 bits per heavy atom. The molecule has 1 N–H and O–H groups in total. The van der Waals surface area contributed by atoms with E-state index in [1.165, 1.54) is 44.2 Å². The van der Waals surface area contributed by atoms with Gasteiger partial charge < -0.3 is 5.32 Å². The zero-order valence-electron chi connectivity index (χ0n) is 11.6. The molecule has 1 aromatic rings. The zero-order valence-corrected chi connectivity index (χ0v) is 11.6. The minimum atomic E-state index is -0.762. The van der Waals surface area contributed by atoms with Crippen LogP contribution >= 0.6 is 0 Å². The maximum Gasteiger partial charge on any atom is 0.159 e. The van der Waals surface area contributed by atoms with Crippen LogP contribution in [0.3, 0.4) is 0 Å². The first kappa shape index (κ1) is 12.8. The number of nitrogens with one attached hydrogen (secondary N) is 1. The second kappa shape index (κ2) is 4.80. The lowest BCUT2D eigenvalue weighted by atomic mass is 9.79. The number of hydrogen-bond acceptors (Lipinski definition) is 1. The first-order chi connectivity index (χ1) is 9.72. The Hall–Kier alpha value is -0.960. The quantitative estimate of drug-likeness (QED) is 0.884. The molecule has 0 heterocycles. The van der Waals surface area contributed by atoms with Crippen LogP contribution in [0.25, 0.3) is 0 Å². The maximum absolute atomic E-state index is 13.2. The molecule has 108 valence electrons. The molecule has 3 fully saturated rings. The highest BCUT2D eigenvalue weighted by molar-refractivity contribution is 5.18. The molecule has 0 aliphatic heterocycles. The van der Waals surface area contributed by atoms with Gasteiger partial charge in [-0.15, -0.1) is 0 Å². The van der Waals surface area contributed by atoms with Gasteiger partial charge in [-0.25, -0.2) is 8.78 Å². The minimum absolute atomic E-state index is 0.590. The second-order valence-corrected chi connectivity index (χ2v) is 6.89. The molecule has 3 aliphatic rings. The van der Waals surface area contributed by atoms with E-state index in [1.807, 2.05) is 0 Å². The molecule has 1 aromatic carbocycles. The first-order valence-electron chi connectivity index (χ1n) is 7.89. The van der Waals surface area contributed by atoms with E-state index in [2.05, 4.69) is 5.32 Å². The predicted octanol–water partition coefficient (Wildman–Crippen LogP) is 3.88. The van der Waals surface area contributed by atoms with Crippen LogP contribution in [0.1, 0.15) is 37.7 Å². The molecule has 3 saturated carbocycles. The Morgan fingerprint density at radius 1 is 1.00 bits per heavy atom. The molecule has 2 unspecified atom stereocenters. The van der Waals surface area contributed by atoms with E-state index in [0.717, 1.165) is 29.2 Å². The number of fused-ring (bicyclic) bond motifs is 5. The fraction of sp³-hybridized carbons (Fsp3) is 0.647. The van der Waals surface area contributed by atoms with Gasteiger partial charge in [0.05, 0.1) is 0 Å². The van der Waals surface area contributed by atoms with Gasteiger partial charge in [0.15, 0.2) is 11.6 Å². The van der Waals surface area contributed by atoms with Crippen LogP contribution < -0.4 is 5.32 Å². The molecule has 0 aromatic heterocycles. The molecule has 5 atom stereocenters. The fourth-order valence-corrected chi connectivity index (χ4v) is 5.20. The summed E-state index contributed by atoms with van der Waals surface area (Å²) in [7, 11) is 0. The third-order valence-corrected chi connectivity index (χ3v) is 5.98. The van der Waals surface area contributed by atoms with E-state index in [0.29, 0.717) is 12.6 Å². The number of rotatable bonds is 3. The molecular formula is C17H21F2N. The van der Waals surface area contributed by atoms with Crippen molar-refractivity contribution in [2.75, 3.05) is 0 Å². The molecule has 0 radical (unpaired) electrons. The molecule has 3 heteroatoms. The molecule has 20 heavy (non-hydrogen) atoms. The number of hydrogen-bond donors (Lipinski definition) is 1. The normalized spacial score (nSPS) is 38.4. The van der Waals surface area contributed by atoms with Crippen molar-refractivity contribution in [1.82, 2.24) is 5.32 Å². The summed E-state index contributed by atoms with van der Waals surface area (Å²) in [5.41, 5.74) is 0.842. The van der Waals surface area contributed by atoms with Crippen LogP contribution in [-0.4, -0.2) is 6.04 Å². The Labute approximate surface area is 118 Å². The lowest BCUT2D eigenvalue weighted by Crippen LogP contribution is -2.38. The van der Waals surface area contributed by atoms with E-state index in [1.54, 1.807) is 6.07 Å². The smallest absolute Gasteiger partial charge is 0.159 e. The van der Waals surface area contributed by atoms with Gasteiger partial charge >= 0.3 is 0 Å². The Kier molecular flexibility index (Phi) is 3.06. The SMILES string of the molecule is Fc1ccc(CN[C@@H]2CC3CC2[C@H]2CCC[C@@H]32)cc1F. The van der Waals surface area contributed by atoms with Crippen molar-refractivity contribution in [3.05, 3.63) is 35.4 Å². The molecule has 3 aliphatic carbocycles. The summed E-state index contributed by atoms with van der Waals surface area (Å²) >= 11 is 0. The Bertz CT molecular complexity index is 516. The van der Waals surface area contributed by atoms with Crippen LogP contribution in [0, 0.1) is 35.3 Å². The largest absolute Gasteiger partial charge is 0.310 e. The summed E-state index contributed by atoms with van der Waals surface area (Å²) in [6.07, 6.45) is 6.95. The fourth-order valence-electron chi connectivity index (χ4n) is 5.20. The molecular weight excluding hydrogens is 256 g/mol. The topological polar surface area (TPSA) is 12.0 Å². The molecule has 1 nitrogen and oxygen atoms in total. The molecule has 0 saturated heterocycles. The van der Waals surface area contributed by atoms with Gasteiger partial charge in [-0.2, -0.15) is 0 Å². The number of halogens is 2. The third kappa shape index (κ3) is 1.98. The summed E-state index contributed by atoms with van der Waals surface area (Å²) in [5.74, 6) is 2.20. The van der Waals surface area contributed by atoms with Crippen LogP contribution in [-0.2, 0) is 6.54 Å². The van der Waals surface area contributed by atoms with Gasteiger partial charge in [0.25, 0.3) is 0 Å². The van der Waals surface area contributed by atoms with E-state index in [4.69, 9.17) is 0 Å². The summed E-state index contributed by atoms with van der Waals surface area (Å²) in [6.45, 7) is 0.655. The van der Waals surface area contributed by atoms with Crippen LogP contribution in [0.2, 0.25) is 0 Å². The van der Waals surface area contributed by atoms with E-state index in [9.17, 15) is 8.78 Å². The molecule has 0 amide bonds. The standard InChI is InChI=1S/C17H21F2N/c18-15-5-4-10(6-16(15)19)9-20-17-8-11-7-14(17)13-3-1-2-12(11)13/h4-6,11-14,17,20H,1-3,7-9H2/t11?,12-,13-,14?,17+/m0/s1. The van der Waals surface area contributed by atoms with Crippen molar-refractivity contribution in [2.24, 2.45) is 23.7 Å². The second-order valence-electron chi connectivity index (χ2n) is 6.89. The van der Waals surface area contributed by atoms with Gasteiger partial charge in [-0.3, -0.25) is 0 Å². The van der Waals surface area contributed by atoms with Gasteiger partial charge in [-0.1, -0.05) is 12.5 Å². The van der Waals surface area contributed by atoms with Crippen LogP contribution in [0.15, 0.2) is 18.2 Å². The lowest BCUT2D eigenvalue weighted by molar-refractivity contribution is 0.208. The average Bonchev–Trinajstić information content (AvgIpc) is 3.11. The maximum atomic E-state index is 13.2. The van der Waals surface area contributed by atoms with E-state index < -0.39 is 11.6 Å². The predicted molar refractivity (Wildman–Crippen MR) is 74.0 cm³/mol. The first-order valence-corrected chi connectivity index (χ1v) is 7.89. The highest BCUT2D eigenvalue weighted by Gasteiger charge is 2.53. The lowest BCUT2D eigenvalue weighted by Gasteiger charge is -2.32. The third-order valence-electron chi connectivity index (χ3n) is 5.98. The van der Waals surface area contributed by atoms with Crippen LogP contribution in [0.5, 0.6) is 0 Å². The average molecular weight is 277 g/mol. The summed E-state index contributed by atoms with van der Waals surface area (Å²) in [6, 6.07) is 4.80.